The van der Waals surface area contributed by atoms with Crippen LogP contribution in [-0.4, -0.2) is 5.51 Å². The Hall–Kier alpha value is -1.02. The summed E-state index contributed by atoms with van der Waals surface area (Å²) in [7, 11) is 0. The van der Waals surface area contributed by atoms with Gasteiger partial charge in [0.15, 0.2) is 0 Å². The number of hydrogen-bond donors (Lipinski definition) is 2. The molecule has 0 radical (unpaired) electrons. The van der Waals surface area contributed by atoms with Gasteiger partial charge in [-0.1, -0.05) is 6.07 Å². The number of hydrogen-bond acceptors (Lipinski definition) is 3. The van der Waals surface area contributed by atoms with Crippen LogP contribution >= 0.6 is 11.8 Å². The SMILES string of the molecule is NNc1cc(C(F)F)ccc1SC(F)(F)F. The van der Waals surface area contributed by atoms with Crippen LogP contribution in [0, 0.1) is 0 Å². The second kappa shape index (κ2) is 4.88. The molecular weight excluding hydrogens is 251 g/mol. The van der Waals surface area contributed by atoms with E-state index < -0.39 is 23.7 Å². The lowest BCUT2D eigenvalue weighted by molar-refractivity contribution is -0.0327. The van der Waals surface area contributed by atoms with Crippen molar-refractivity contribution in [3.63, 3.8) is 0 Å². The molecule has 0 bridgehead atoms. The van der Waals surface area contributed by atoms with Gasteiger partial charge in [-0.25, -0.2) is 8.78 Å². The quantitative estimate of drug-likeness (QED) is 0.377. The van der Waals surface area contributed by atoms with Crippen molar-refractivity contribution in [3.05, 3.63) is 23.8 Å². The summed E-state index contributed by atoms with van der Waals surface area (Å²) >= 11 is -0.415. The Morgan fingerprint density at radius 3 is 2.31 bits per heavy atom. The van der Waals surface area contributed by atoms with E-state index in [0.29, 0.717) is 0 Å². The second-order valence-corrected chi connectivity index (χ2v) is 3.86. The summed E-state index contributed by atoms with van der Waals surface area (Å²) in [6, 6.07) is 2.77. The van der Waals surface area contributed by atoms with Gasteiger partial charge in [0.05, 0.1) is 5.69 Å². The first-order valence-electron chi connectivity index (χ1n) is 3.98. The number of nitrogens with one attached hydrogen (secondary N) is 1. The second-order valence-electron chi connectivity index (χ2n) is 2.75. The van der Waals surface area contributed by atoms with Crippen LogP contribution in [0.3, 0.4) is 0 Å². The van der Waals surface area contributed by atoms with E-state index in [1.165, 1.54) is 0 Å². The molecule has 0 unspecified atom stereocenters. The Kier molecular flexibility index (Phi) is 3.98. The summed E-state index contributed by atoms with van der Waals surface area (Å²) in [5.74, 6) is 4.96. The summed E-state index contributed by atoms with van der Waals surface area (Å²) in [5.41, 5.74) is -3.10. The molecule has 3 N–H and O–H groups in total. The predicted octanol–water partition coefficient (Wildman–Crippen LogP) is 3.52. The van der Waals surface area contributed by atoms with Crippen molar-refractivity contribution >= 4 is 17.4 Å². The minimum atomic E-state index is -4.49. The van der Waals surface area contributed by atoms with E-state index >= 15 is 0 Å². The van der Waals surface area contributed by atoms with E-state index in [1.807, 2.05) is 5.43 Å². The fourth-order valence-corrected chi connectivity index (χ4v) is 1.62. The number of anilines is 1. The summed E-state index contributed by atoms with van der Waals surface area (Å²) < 4.78 is 60.7. The molecule has 0 saturated heterocycles. The molecule has 1 rings (SSSR count). The fraction of sp³-hybridized carbons (Fsp3) is 0.250. The van der Waals surface area contributed by atoms with Crippen LogP contribution in [0.25, 0.3) is 0 Å². The number of rotatable bonds is 3. The van der Waals surface area contributed by atoms with E-state index in [1.54, 1.807) is 0 Å². The summed E-state index contributed by atoms with van der Waals surface area (Å²) in [6.45, 7) is 0. The lowest BCUT2D eigenvalue weighted by Crippen LogP contribution is -2.10. The third kappa shape index (κ3) is 3.53. The van der Waals surface area contributed by atoms with E-state index in [0.717, 1.165) is 18.2 Å². The molecule has 16 heavy (non-hydrogen) atoms. The maximum Gasteiger partial charge on any atom is 0.446 e. The smallest absolute Gasteiger partial charge is 0.323 e. The summed E-state index contributed by atoms with van der Waals surface area (Å²) in [6.07, 6.45) is -2.75. The van der Waals surface area contributed by atoms with Crippen LogP contribution in [-0.2, 0) is 0 Å². The molecule has 0 aliphatic heterocycles. The third-order valence-electron chi connectivity index (χ3n) is 1.64. The van der Waals surface area contributed by atoms with Gasteiger partial charge in [0.1, 0.15) is 0 Å². The molecule has 0 aromatic heterocycles. The zero-order chi connectivity index (χ0) is 12.3. The fourth-order valence-electron chi connectivity index (χ4n) is 1.01. The zero-order valence-electron chi connectivity index (χ0n) is 7.68. The Morgan fingerprint density at radius 2 is 1.88 bits per heavy atom. The van der Waals surface area contributed by atoms with Crippen molar-refractivity contribution < 1.29 is 22.0 Å². The van der Waals surface area contributed by atoms with Crippen LogP contribution in [0.15, 0.2) is 23.1 Å². The number of alkyl halides is 5. The van der Waals surface area contributed by atoms with Gasteiger partial charge in [0.25, 0.3) is 6.43 Å². The van der Waals surface area contributed by atoms with Gasteiger partial charge >= 0.3 is 5.51 Å². The van der Waals surface area contributed by atoms with E-state index in [9.17, 15) is 22.0 Å². The normalized spacial score (nSPS) is 11.9. The number of nitrogens with two attached hydrogens (primary N) is 1. The maximum atomic E-state index is 12.3. The molecule has 1 aromatic carbocycles. The molecule has 0 aliphatic carbocycles. The third-order valence-corrected chi connectivity index (χ3v) is 2.44. The van der Waals surface area contributed by atoms with Crippen molar-refractivity contribution in [1.29, 1.82) is 0 Å². The van der Waals surface area contributed by atoms with Gasteiger partial charge in [0.2, 0.25) is 0 Å². The van der Waals surface area contributed by atoms with Crippen LogP contribution in [0.1, 0.15) is 12.0 Å². The highest BCUT2D eigenvalue weighted by Crippen LogP contribution is 2.41. The minimum Gasteiger partial charge on any atom is -0.323 e. The molecule has 0 aliphatic rings. The predicted molar refractivity (Wildman–Crippen MR) is 51.1 cm³/mol. The Bertz CT molecular complexity index is 366. The topological polar surface area (TPSA) is 38.0 Å². The molecule has 0 spiro atoms. The van der Waals surface area contributed by atoms with Gasteiger partial charge in [-0.15, -0.1) is 0 Å². The van der Waals surface area contributed by atoms with Gasteiger partial charge in [-0.05, 0) is 23.9 Å². The molecule has 2 nitrogen and oxygen atoms in total. The van der Waals surface area contributed by atoms with Crippen molar-refractivity contribution in [2.75, 3.05) is 5.43 Å². The lowest BCUT2D eigenvalue weighted by Gasteiger charge is -2.11. The highest BCUT2D eigenvalue weighted by Gasteiger charge is 2.30. The monoisotopic (exact) mass is 258 g/mol. The summed E-state index contributed by atoms with van der Waals surface area (Å²) in [5, 5.41) is 0. The standard InChI is InChI=1S/C8H7F5N2S/c9-7(10)4-1-2-6(5(3-4)15-14)16-8(11,12)13/h1-3,7,15H,14H2. The van der Waals surface area contributed by atoms with E-state index in [-0.39, 0.29) is 16.1 Å². The molecule has 0 heterocycles. The molecule has 0 amide bonds. The van der Waals surface area contributed by atoms with Crippen LogP contribution in [0.2, 0.25) is 0 Å². The minimum absolute atomic E-state index is 0.180. The lowest BCUT2D eigenvalue weighted by atomic mass is 10.2. The first kappa shape index (κ1) is 13.0. The number of hydrazine groups is 1. The van der Waals surface area contributed by atoms with Gasteiger partial charge in [0, 0.05) is 10.5 Å². The Labute approximate surface area is 92.0 Å². The Balaban J connectivity index is 3.02. The largest absolute Gasteiger partial charge is 0.446 e. The molecule has 0 atom stereocenters. The number of nitrogen functional groups attached to an aromatic ring is 1. The van der Waals surface area contributed by atoms with Crippen LogP contribution in [0.5, 0.6) is 0 Å². The van der Waals surface area contributed by atoms with Crippen molar-refractivity contribution in [1.82, 2.24) is 0 Å². The van der Waals surface area contributed by atoms with Crippen molar-refractivity contribution in [3.8, 4) is 0 Å². The first-order valence-corrected chi connectivity index (χ1v) is 4.79. The molecule has 0 saturated carbocycles. The first-order chi connectivity index (χ1) is 7.33. The van der Waals surface area contributed by atoms with Gasteiger partial charge in [-0.3, -0.25) is 5.84 Å². The van der Waals surface area contributed by atoms with Gasteiger partial charge in [-0.2, -0.15) is 13.2 Å². The van der Waals surface area contributed by atoms with E-state index in [4.69, 9.17) is 5.84 Å². The highest BCUT2D eigenvalue weighted by molar-refractivity contribution is 8.00. The molecule has 8 heteroatoms. The van der Waals surface area contributed by atoms with Crippen molar-refractivity contribution in [2.45, 2.75) is 16.8 Å². The molecule has 1 aromatic rings. The maximum absolute atomic E-state index is 12.3. The average Bonchev–Trinajstić information content (AvgIpc) is 2.15. The zero-order valence-corrected chi connectivity index (χ0v) is 8.50. The summed E-state index contributed by atoms with van der Waals surface area (Å²) in [4.78, 5) is -0.251. The number of benzene rings is 1. The van der Waals surface area contributed by atoms with Crippen LogP contribution < -0.4 is 11.3 Å². The van der Waals surface area contributed by atoms with Crippen molar-refractivity contribution in [2.24, 2.45) is 5.84 Å². The van der Waals surface area contributed by atoms with Gasteiger partial charge < -0.3 is 5.43 Å². The molecule has 90 valence electrons. The highest BCUT2D eigenvalue weighted by atomic mass is 32.2. The average molecular weight is 258 g/mol. The van der Waals surface area contributed by atoms with Crippen LogP contribution in [0.4, 0.5) is 27.6 Å². The Morgan fingerprint density at radius 1 is 1.25 bits per heavy atom. The number of thioether (sulfide) groups is 1. The number of halogens is 5. The molecular formula is C8H7F5N2S. The molecule has 0 fully saturated rings. The van der Waals surface area contributed by atoms with E-state index in [2.05, 4.69) is 0 Å².